The average molecular weight is 233 g/mol. The third kappa shape index (κ3) is 2.96. The van der Waals surface area contributed by atoms with E-state index in [9.17, 15) is 18.3 Å². The van der Waals surface area contributed by atoms with E-state index < -0.39 is 17.8 Å². The maximum absolute atomic E-state index is 12.3. The van der Waals surface area contributed by atoms with Crippen molar-refractivity contribution in [1.29, 1.82) is 0 Å². The first-order valence-corrected chi connectivity index (χ1v) is 4.91. The number of hydrogen-bond donors (Lipinski definition) is 2. The van der Waals surface area contributed by atoms with Gasteiger partial charge >= 0.3 is 6.18 Å². The lowest BCUT2D eigenvalue weighted by Crippen LogP contribution is -2.19. The van der Waals surface area contributed by atoms with E-state index >= 15 is 0 Å². The van der Waals surface area contributed by atoms with Crippen molar-refractivity contribution in [3.63, 3.8) is 0 Å². The zero-order valence-electron chi connectivity index (χ0n) is 8.83. The van der Waals surface area contributed by atoms with Crippen molar-refractivity contribution in [2.45, 2.75) is 19.2 Å². The van der Waals surface area contributed by atoms with Crippen molar-refractivity contribution >= 4 is 0 Å². The van der Waals surface area contributed by atoms with Gasteiger partial charge in [0.1, 0.15) is 0 Å². The Morgan fingerprint density at radius 2 is 1.75 bits per heavy atom. The normalized spacial score (nSPS) is 15.9. The molecule has 90 valence electrons. The number of nitrogens with two attached hydrogens (primary N) is 1. The Balaban J connectivity index is 2.87. The second-order valence-electron chi connectivity index (χ2n) is 3.78. The van der Waals surface area contributed by atoms with Crippen molar-refractivity contribution in [1.82, 2.24) is 0 Å². The fraction of sp³-hybridized carbons (Fsp3) is 0.455. The van der Waals surface area contributed by atoms with Gasteiger partial charge in [-0.2, -0.15) is 13.2 Å². The Morgan fingerprint density at radius 3 is 2.12 bits per heavy atom. The number of benzene rings is 1. The van der Waals surface area contributed by atoms with Crippen LogP contribution in [-0.2, 0) is 6.18 Å². The minimum absolute atomic E-state index is 0.184. The monoisotopic (exact) mass is 233 g/mol. The highest BCUT2D eigenvalue weighted by Gasteiger charge is 2.30. The van der Waals surface area contributed by atoms with Crippen LogP contribution in [0.25, 0.3) is 0 Å². The van der Waals surface area contributed by atoms with E-state index in [0.29, 0.717) is 5.56 Å². The molecule has 0 amide bonds. The first kappa shape index (κ1) is 13.0. The molecule has 1 aromatic rings. The molecule has 2 nitrogen and oxygen atoms in total. The van der Waals surface area contributed by atoms with Crippen molar-refractivity contribution in [3.05, 3.63) is 35.4 Å². The van der Waals surface area contributed by atoms with Gasteiger partial charge in [-0.05, 0) is 30.2 Å². The summed E-state index contributed by atoms with van der Waals surface area (Å²) in [7, 11) is 0. The second kappa shape index (κ2) is 4.84. The molecule has 2 unspecified atom stereocenters. The Hall–Kier alpha value is -1.07. The number of hydrogen-bond acceptors (Lipinski definition) is 2. The van der Waals surface area contributed by atoms with Crippen LogP contribution in [0.15, 0.2) is 24.3 Å². The summed E-state index contributed by atoms with van der Waals surface area (Å²) in [6, 6.07) is 4.48. The molecule has 0 aromatic heterocycles. The molecular weight excluding hydrogens is 219 g/mol. The van der Waals surface area contributed by atoms with Gasteiger partial charge in [0.05, 0.1) is 11.7 Å². The SMILES string of the molecule is CC(CN)C(O)c1ccc(C(F)(F)F)cc1. The van der Waals surface area contributed by atoms with E-state index in [-0.39, 0.29) is 12.5 Å². The van der Waals surface area contributed by atoms with Gasteiger partial charge in [0.2, 0.25) is 0 Å². The first-order chi connectivity index (χ1) is 7.36. The molecule has 0 heterocycles. The highest BCUT2D eigenvalue weighted by atomic mass is 19.4. The molecule has 0 saturated heterocycles. The smallest absolute Gasteiger partial charge is 0.388 e. The van der Waals surface area contributed by atoms with Crippen molar-refractivity contribution < 1.29 is 18.3 Å². The van der Waals surface area contributed by atoms with Gasteiger partial charge in [0.25, 0.3) is 0 Å². The molecular formula is C11H14F3NO. The molecule has 2 atom stereocenters. The standard InChI is InChI=1S/C11H14F3NO/c1-7(6-15)10(16)8-2-4-9(5-3-8)11(12,13)14/h2-5,7,10,16H,6,15H2,1H3. The summed E-state index contributed by atoms with van der Waals surface area (Å²) < 4.78 is 36.8. The minimum atomic E-state index is -4.34. The topological polar surface area (TPSA) is 46.2 Å². The molecule has 16 heavy (non-hydrogen) atoms. The van der Waals surface area contributed by atoms with Crippen LogP contribution in [0.3, 0.4) is 0 Å². The molecule has 0 radical (unpaired) electrons. The molecule has 0 aliphatic carbocycles. The highest BCUT2D eigenvalue weighted by molar-refractivity contribution is 5.26. The highest BCUT2D eigenvalue weighted by Crippen LogP contribution is 2.30. The first-order valence-electron chi connectivity index (χ1n) is 4.91. The summed E-state index contributed by atoms with van der Waals surface area (Å²) in [4.78, 5) is 0. The van der Waals surface area contributed by atoms with Crippen LogP contribution in [-0.4, -0.2) is 11.7 Å². The second-order valence-corrected chi connectivity index (χ2v) is 3.78. The lowest BCUT2D eigenvalue weighted by Gasteiger charge is -2.17. The Morgan fingerprint density at radius 1 is 1.25 bits per heavy atom. The summed E-state index contributed by atoms with van der Waals surface area (Å²) in [5.74, 6) is -0.184. The molecule has 0 fully saturated rings. The zero-order chi connectivity index (χ0) is 12.3. The average Bonchev–Trinajstić information content (AvgIpc) is 2.26. The summed E-state index contributed by atoms with van der Waals surface area (Å²) in [6.45, 7) is 2.02. The van der Waals surface area contributed by atoms with Crippen molar-refractivity contribution in [2.24, 2.45) is 11.7 Å². The maximum Gasteiger partial charge on any atom is 0.416 e. The predicted octanol–water partition coefficient (Wildman–Crippen LogP) is 2.33. The lowest BCUT2D eigenvalue weighted by atomic mass is 9.97. The van der Waals surface area contributed by atoms with E-state index in [1.807, 2.05) is 0 Å². The molecule has 0 saturated carbocycles. The summed E-state index contributed by atoms with van der Waals surface area (Å²) in [5, 5.41) is 9.72. The third-order valence-corrected chi connectivity index (χ3v) is 2.49. The molecule has 1 aromatic carbocycles. The quantitative estimate of drug-likeness (QED) is 0.841. The fourth-order valence-electron chi connectivity index (χ4n) is 1.33. The third-order valence-electron chi connectivity index (χ3n) is 2.49. The van der Waals surface area contributed by atoms with E-state index in [0.717, 1.165) is 12.1 Å². The summed E-state index contributed by atoms with van der Waals surface area (Å²) in [6.07, 6.45) is -5.17. The Kier molecular flexibility index (Phi) is 3.93. The maximum atomic E-state index is 12.3. The van der Waals surface area contributed by atoms with Crippen LogP contribution in [0.2, 0.25) is 0 Å². The molecule has 0 bridgehead atoms. The van der Waals surface area contributed by atoms with Gasteiger partial charge in [-0.15, -0.1) is 0 Å². The van der Waals surface area contributed by atoms with Gasteiger partial charge in [-0.3, -0.25) is 0 Å². The predicted molar refractivity (Wildman–Crippen MR) is 54.6 cm³/mol. The largest absolute Gasteiger partial charge is 0.416 e. The molecule has 0 aliphatic heterocycles. The summed E-state index contributed by atoms with van der Waals surface area (Å²) >= 11 is 0. The van der Waals surface area contributed by atoms with E-state index in [4.69, 9.17) is 5.73 Å². The molecule has 0 aliphatic rings. The van der Waals surface area contributed by atoms with E-state index in [2.05, 4.69) is 0 Å². The van der Waals surface area contributed by atoms with Crippen LogP contribution >= 0.6 is 0 Å². The molecule has 1 rings (SSSR count). The van der Waals surface area contributed by atoms with E-state index in [1.165, 1.54) is 12.1 Å². The van der Waals surface area contributed by atoms with Gasteiger partial charge in [-0.25, -0.2) is 0 Å². The van der Waals surface area contributed by atoms with Crippen molar-refractivity contribution in [3.8, 4) is 0 Å². The van der Waals surface area contributed by atoms with Gasteiger partial charge < -0.3 is 10.8 Å². The van der Waals surface area contributed by atoms with E-state index in [1.54, 1.807) is 6.92 Å². The van der Waals surface area contributed by atoms with Crippen LogP contribution in [0.5, 0.6) is 0 Å². The van der Waals surface area contributed by atoms with Gasteiger partial charge in [-0.1, -0.05) is 19.1 Å². The minimum Gasteiger partial charge on any atom is -0.388 e. The molecule has 0 spiro atoms. The number of rotatable bonds is 3. The van der Waals surface area contributed by atoms with Gasteiger partial charge in [0.15, 0.2) is 0 Å². The molecule has 5 heteroatoms. The number of aliphatic hydroxyl groups is 1. The summed E-state index contributed by atoms with van der Waals surface area (Å²) in [5.41, 5.74) is 5.10. The number of alkyl halides is 3. The van der Waals surface area contributed by atoms with Crippen LogP contribution in [0, 0.1) is 5.92 Å². The fourth-order valence-corrected chi connectivity index (χ4v) is 1.33. The van der Waals surface area contributed by atoms with Crippen LogP contribution in [0.4, 0.5) is 13.2 Å². The number of aliphatic hydroxyl groups excluding tert-OH is 1. The van der Waals surface area contributed by atoms with Crippen LogP contribution in [0.1, 0.15) is 24.2 Å². The Labute approximate surface area is 91.9 Å². The Bertz CT molecular complexity index is 334. The van der Waals surface area contributed by atoms with Crippen LogP contribution < -0.4 is 5.73 Å². The number of halogens is 3. The van der Waals surface area contributed by atoms with Crippen molar-refractivity contribution in [2.75, 3.05) is 6.54 Å². The zero-order valence-corrected chi connectivity index (χ0v) is 8.83. The molecule has 3 N–H and O–H groups in total. The van der Waals surface area contributed by atoms with Gasteiger partial charge in [0, 0.05) is 0 Å². The lowest BCUT2D eigenvalue weighted by molar-refractivity contribution is -0.137.